The van der Waals surface area contributed by atoms with Crippen molar-refractivity contribution in [3.05, 3.63) is 23.5 Å². The van der Waals surface area contributed by atoms with E-state index >= 15 is 0 Å². The summed E-state index contributed by atoms with van der Waals surface area (Å²) in [6.45, 7) is 3.46. The fourth-order valence-corrected chi connectivity index (χ4v) is 2.67. The summed E-state index contributed by atoms with van der Waals surface area (Å²) >= 11 is 5.77. The van der Waals surface area contributed by atoms with Crippen molar-refractivity contribution >= 4 is 17.3 Å². The van der Waals surface area contributed by atoms with Gasteiger partial charge in [-0.05, 0) is 31.0 Å². The van der Waals surface area contributed by atoms with E-state index in [9.17, 15) is 0 Å². The quantitative estimate of drug-likeness (QED) is 0.732. The minimum Gasteiger partial charge on any atom is -0.365 e. The van der Waals surface area contributed by atoms with Gasteiger partial charge in [0, 0.05) is 19.1 Å². The Kier molecular flexibility index (Phi) is 2.29. The Morgan fingerprint density at radius 3 is 3.13 bits per heavy atom. The van der Waals surface area contributed by atoms with E-state index in [4.69, 9.17) is 11.6 Å². The number of pyridine rings is 1. The SMILES string of the molecule is Clc1ccc(N2CC3CCNCC32)cn1. The van der Waals surface area contributed by atoms with Crippen LogP contribution in [0.3, 0.4) is 0 Å². The van der Waals surface area contributed by atoms with Crippen LogP contribution in [0.25, 0.3) is 0 Å². The number of hydrogen-bond donors (Lipinski definition) is 1. The standard InChI is InChI=1S/C11H14ClN3/c12-11-2-1-9(5-14-11)15-7-8-3-4-13-6-10(8)15/h1-2,5,8,10,13H,3-4,6-7H2. The second-order valence-electron chi connectivity index (χ2n) is 4.31. The maximum Gasteiger partial charge on any atom is 0.129 e. The zero-order valence-electron chi connectivity index (χ0n) is 8.49. The van der Waals surface area contributed by atoms with Gasteiger partial charge in [-0.25, -0.2) is 4.98 Å². The molecular formula is C11H14ClN3. The molecule has 2 aliphatic heterocycles. The third-order valence-electron chi connectivity index (χ3n) is 3.46. The molecule has 0 radical (unpaired) electrons. The van der Waals surface area contributed by atoms with Crippen molar-refractivity contribution in [3.63, 3.8) is 0 Å². The largest absolute Gasteiger partial charge is 0.365 e. The van der Waals surface area contributed by atoms with E-state index < -0.39 is 0 Å². The number of rotatable bonds is 1. The number of nitrogens with one attached hydrogen (secondary N) is 1. The molecule has 2 atom stereocenters. The van der Waals surface area contributed by atoms with Crippen molar-refractivity contribution in [3.8, 4) is 0 Å². The summed E-state index contributed by atoms with van der Waals surface area (Å²) < 4.78 is 0. The van der Waals surface area contributed by atoms with Crippen LogP contribution in [-0.4, -0.2) is 30.7 Å². The Labute approximate surface area is 94.4 Å². The monoisotopic (exact) mass is 223 g/mol. The van der Waals surface area contributed by atoms with E-state index in [1.54, 1.807) is 0 Å². The summed E-state index contributed by atoms with van der Waals surface area (Å²) in [4.78, 5) is 6.54. The molecule has 1 aromatic rings. The van der Waals surface area contributed by atoms with Crippen LogP contribution in [0.15, 0.2) is 18.3 Å². The lowest BCUT2D eigenvalue weighted by molar-refractivity contribution is 0.229. The van der Waals surface area contributed by atoms with Gasteiger partial charge in [0.1, 0.15) is 5.15 Å². The highest BCUT2D eigenvalue weighted by Crippen LogP contribution is 2.34. The molecule has 2 fully saturated rings. The first-order valence-corrected chi connectivity index (χ1v) is 5.81. The van der Waals surface area contributed by atoms with E-state index in [2.05, 4.69) is 21.3 Å². The van der Waals surface area contributed by atoms with E-state index in [0.29, 0.717) is 11.2 Å². The minimum atomic E-state index is 0.567. The molecule has 2 unspecified atom stereocenters. The van der Waals surface area contributed by atoms with Gasteiger partial charge in [-0.3, -0.25) is 0 Å². The lowest BCUT2D eigenvalue weighted by atomic mass is 9.83. The zero-order valence-corrected chi connectivity index (χ0v) is 9.24. The van der Waals surface area contributed by atoms with Crippen molar-refractivity contribution < 1.29 is 0 Å². The molecular weight excluding hydrogens is 210 g/mol. The highest BCUT2D eigenvalue weighted by atomic mass is 35.5. The van der Waals surface area contributed by atoms with E-state index in [-0.39, 0.29) is 0 Å². The summed E-state index contributed by atoms with van der Waals surface area (Å²) in [5.41, 5.74) is 1.20. The molecule has 0 aromatic carbocycles. The number of piperidine rings is 1. The number of halogens is 1. The third kappa shape index (κ3) is 1.60. The normalized spacial score (nSPS) is 29.5. The molecule has 2 saturated heterocycles. The van der Waals surface area contributed by atoms with E-state index in [1.807, 2.05) is 12.3 Å². The Morgan fingerprint density at radius 2 is 2.40 bits per heavy atom. The summed E-state index contributed by atoms with van der Waals surface area (Å²) in [7, 11) is 0. The zero-order chi connectivity index (χ0) is 10.3. The minimum absolute atomic E-state index is 0.567. The molecule has 1 aromatic heterocycles. The first kappa shape index (κ1) is 9.43. The van der Waals surface area contributed by atoms with Crippen molar-refractivity contribution in [2.24, 2.45) is 5.92 Å². The van der Waals surface area contributed by atoms with Crippen LogP contribution in [0.4, 0.5) is 5.69 Å². The van der Waals surface area contributed by atoms with Crippen molar-refractivity contribution in [1.29, 1.82) is 0 Å². The molecule has 3 nitrogen and oxygen atoms in total. The molecule has 0 saturated carbocycles. The number of nitrogens with zero attached hydrogens (tertiary/aromatic N) is 2. The predicted molar refractivity (Wildman–Crippen MR) is 61.4 cm³/mol. The first-order chi connectivity index (χ1) is 7.34. The van der Waals surface area contributed by atoms with Gasteiger partial charge >= 0.3 is 0 Å². The van der Waals surface area contributed by atoms with E-state index in [0.717, 1.165) is 12.5 Å². The predicted octanol–water partition coefficient (Wildman–Crippen LogP) is 1.53. The van der Waals surface area contributed by atoms with Gasteiger partial charge in [0.2, 0.25) is 0 Å². The van der Waals surface area contributed by atoms with Gasteiger partial charge < -0.3 is 10.2 Å². The lowest BCUT2D eigenvalue weighted by Crippen LogP contribution is -2.63. The summed E-state index contributed by atoms with van der Waals surface area (Å²) in [6, 6.07) is 4.59. The topological polar surface area (TPSA) is 28.2 Å². The first-order valence-electron chi connectivity index (χ1n) is 5.43. The number of aromatic nitrogens is 1. The molecule has 3 rings (SSSR count). The van der Waals surface area contributed by atoms with Crippen LogP contribution in [0.2, 0.25) is 5.15 Å². The molecule has 2 aliphatic rings. The number of fused-ring (bicyclic) bond motifs is 1. The molecule has 0 bridgehead atoms. The van der Waals surface area contributed by atoms with Crippen LogP contribution in [-0.2, 0) is 0 Å². The maximum absolute atomic E-state index is 5.77. The van der Waals surface area contributed by atoms with Crippen molar-refractivity contribution in [1.82, 2.24) is 10.3 Å². The van der Waals surface area contributed by atoms with Gasteiger partial charge in [-0.2, -0.15) is 0 Å². The highest BCUT2D eigenvalue weighted by molar-refractivity contribution is 6.29. The molecule has 0 amide bonds. The van der Waals surface area contributed by atoms with Crippen LogP contribution in [0, 0.1) is 5.92 Å². The third-order valence-corrected chi connectivity index (χ3v) is 3.69. The van der Waals surface area contributed by atoms with Crippen LogP contribution in [0.1, 0.15) is 6.42 Å². The average molecular weight is 224 g/mol. The van der Waals surface area contributed by atoms with Gasteiger partial charge in [0.05, 0.1) is 11.9 Å². The number of hydrogen-bond acceptors (Lipinski definition) is 3. The second-order valence-corrected chi connectivity index (χ2v) is 4.70. The molecule has 3 heterocycles. The summed E-state index contributed by atoms with van der Waals surface area (Å²) in [6.07, 6.45) is 3.18. The smallest absolute Gasteiger partial charge is 0.129 e. The van der Waals surface area contributed by atoms with Gasteiger partial charge in [-0.15, -0.1) is 0 Å². The molecule has 80 valence electrons. The van der Waals surface area contributed by atoms with Crippen molar-refractivity contribution in [2.45, 2.75) is 12.5 Å². The summed E-state index contributed by atoms with van der Waals surface area (Å²) in [5.74, 6) is 0.877. The molecule has 4 heteroatoms. The summed E-state index contributed by atoms with van der Waals surface area (Å²) in [5, 5.41) is 4.01. The average Bonchev–Trinajstić information content (AvgIpc) is 2.23. The van der Waals surface area contributed by atoms with Gasteiger partial charge in [0.15, 0.2) is 0 Å². The van der Waals surface area contributed by atoms with Crippen LogP contribution < -0.4 is 10.2 Å². The molecule has 15 heavy (non-hydrogen) atoms. The van der Waals surface area contributed by atoms with Crippen LogP contribution in [0.5, 0.6) is 0 Å². The van der Waals surface area contributed by atoms with Crippen LogP contribution >= 0.6 is 11.6 Å². The Morgan fingerprint density at radius 1 is 1.47 bits per heavy atom. The van der Waals surface area contributed by atoms with Gasteiger partial charge in [-0.1, -0.05) is 11.6 Å². The highest BCUT2D eigenvalue weighted by Gasteiger charge is 2.40. The van der Waals surface area contributed by atoms with E-state index in [1.165, 1.54) is 25.2 Å². The molecule has 0 aliphatic carbocycles. The Bertz CT molecular complexity index is 351. The fraction of sp³-hybridized carbons (Fsp3) is 0.545. The van der Waals surface area contributed by atoms with Gasteiger partial charge in [0.25, 0.3) is 0 Å². The lowest BCUT2D eigenvalue weighted by Gasteiger charge is -2.52. The fourth-order valence-electron chi connectivity index (χ4n) is 2.56. The maximum atomic E-state index is 5.77. The number of anilines is 1. The Hall–Kier alpha value is -0.800. The molecule has 0 spiro atoms. The Balaban J connectivity index is 1.76. The van der Waals surface area contributed by atoms with Crippen molar-refractivity contribution in [2.75, 3.05) is 24.5 Å². The molecule has 1 N–H and O–H groups in total. The second kappa shape index (κ2) is 3.65.